The van der Waals surface area contributed by atoms with Gasteiger partial charge in [0.2, 0.25) is 0 Å². The average Bonchev–Trinajstić information content (AvgIpc) is 2.99. The second kappa shape index (κ2) is 6.66. The number of hydrogen-bond donors (Lipinski definition) is 1. The third-order valence-corrected chi connectivity index (χ3v) is 3.81. The molecule has 0 saturated heterocycles. The molecular formula is C19H18FN3O. The molecule has 3 aromatic rings. The summed E-state index contributed by atoms with van der Waals surface area (Å²) in [4.78, 5) is 12.4. The number of aryl methyl sites for hydroxylation is 2. The molecule has 0 aliphatic rings. The Kier molecular flexibility index (Phi) is 4.42. The Hall–Kier alpha value is -2.95. The van der Waals surface area contributed by atoms with Gasteiger partial charge in [-0.15, -0.1) is 0 Å². The number of halogens is 1. The maximum atomic E-state index is 13.7. The Labute approximate surface area is 139 Å². The van der Waals surface area contributed by atoms with E-state index in [-0.39, 0.29) is 11.7 Å². The zero-order chi connectivity index (χ0) is 17.1. The number of carbonyl (C=O) groups is 1. The summed E-state index contributed by atoms with van der Waals surface area (Å²) in [6, 6.07) is 14.0. The number of aromatic nitrogens is 2. The first kappa shape index (κ1) is 15.9. The SMILES string of the molecule is Cc1ccc(C)c(C(=O)Nc2ccn(Cc3ccccc3F)n2)c1. The monoisotopic (exact) mass is 323 g/mol. The number of hydrogen-bond acceptors (Lipinski definition) is 2. The molecule has 0 spiro atoms. The highest BCUT2D eigenvalue weighted by Crippen LogP contribution is 2.14. The van der Waals surface area contributed by atoms with Gasteiger partial charge in [0, 0.05) is 23.4 Å². The second-order valence-corrected chi connectivity index (χ2v) is 5.76. The highest BCUT2D eigenvalue weighted by molar-refractivity contribution is 6.04. The van der Waals surface area contributed by atoms with Crippen LogP contribution in [0.4, 0.5) is 10.2 Å². The third kappa shape index (κ3) is 3.51. The van der Waals surface area contributed by atoms with Crippen LogP contribution in [0.25, 0.3) is 0 Å². The van der Waals surface area contributed by atoms with E-state index >= 15 is 0 Å². The number of carbonyl (C=O) groups excluding carboxylic acids is 1. The first-order valence-electron chi connectivity index (χ1n) is 7.68. The highest BCUT2D eigenvalue weighted by Gasteiger charge is 2.11. The van der Waals surface area contributed by atoms with Crippen molar-refractivity contribution >= 4 is 11.7 Å². The minimum Gasteiger partial charge on any atom is -0.305 e. The lowest BCUT2D eigenvalue weighted by atomic mass is 10.1. The summed E-state index contributed by atoms with van der Waals surface area (Å²) in [5.41, 5.74) is 3.10. The highest BCUT2D eigenvalue weighted by atomic mass is 19.1. The zero-order valence-electron chi connectivity index (χ0n) is 13.6. The molecule has 2 aromatic carbocycles. The Bertz CT molecular complexity index is 886. The molecule has 0 unspecified atom stereocenters. The van der Waals surface area contributed by atoms with E-state index in [2.05, 4.69) is 10.4 Å². The number of nitrogens with one attached hydrogen (secondary N) is 1. The fourth-order valence-electron chi connectivity index (χ4n) is 2.48. The number of anilines is 1. The third-order valence-electron chi connectivity index (χ3n) is 3.81. The Morgan fingerprint density at radius 1 is 1.17 bits per heavy atom. The van der Waals surface area contributed by atoms with Crippen molar-refractivity contribution < 1.29 is 9.18 Å². The van der Waals surface area contributed by atoms with Crippen molar-refractivity contribution in [1.82, 2.24) is 9.78 Å². The van der Waals surface area contributed by atoms with E-state index in [1.807, 2.05) is 32.0 Å². The van der Waals surface area contributed by atoms with Gasteiger partial charge in [-0.05, 0) is 31.5 Å². The molecule has 24 heavy (non-hydrogen) atoms. The Morgan fingerprint density at radius 3 is 2.75 bits per heavy atom. The van der Waals surface area contributed by atoms with Crippen LogP contribution in [0.1, 0.15) is 27.0 Å². The van der Waals surface area contributed by atoms with Crippen LogP contribution in [0.3, 0.4) is 0 Å². The van der Waals surface area contributed by atoms with Crippen LogP contribution in [0.2, 0.25) is 0 Å². The molecule has 0 atom stereocenters. The molecule has 1 amide bonds. The summed E-state index contributed by atoms with van der Waals surface area (Å²) >= 11 is 0. The van der Waals surface area contributed by atoms with E-state index < -0.39 is 0 Å². The summed E-state index contributed by atoms with van der Waals surface area (Å²) in [5.74, 6) is -0.0291. The van der Waals surface area contributed by atoms with Gasteiger partial charge in [-0.2, -0.15) is 5.10 Å². The van der Waals surface area contributed by atoms with Crippen molar-refractivity contribution in [3.8, 4) is 0 Å². The number of rotatable bonds is 4. The topological polar surface area (TPSA) is 46.9 Å². The molecule has 0 aliphatic carbocycles. The van der Waals surface area contributed by atoms with Gasteiger partial charge in [0.1, 0.15) is 5.82 Å². The van der Waals surface area contributed by atoms with Gasteiger partial charge in [-0.1, -0.05) is 35.9 Å². The van der Waals surface area contributed by atoms with Gasteiger partial charge in [-0.3, -0.25) is 9.48 Å². The van der Waals surface area contributed by atoms with Gasteiger partial charge >= 0.3 is 0 Å². The Morgan fingerprint density at radius 2 is 1.96 bits per heavy atom. The van der Waals surface area contributed by atoms with E-state index in [4.69, 9.17) is 0 Å². The molecule has 0 fully saturated rings. The maximum Gasteiger partial charge on any atom is 0.257 e. The molecule has 122 valence electrons. The standard InChI is InChI=1S/C19H18FN3O/c1-13-7-8-14(2)16(11-13)19(24)21-18-9-10-23(22-18)12-15-5-3-4-6-17(15)20/h3-11H,12H2,1-2H3,(H,21,22,24). The van der Waals surface area contributed by atoms with E-state index in [1.54, 1.807) is 35.1 Å². The van der Waals surface area contributed by atoms with E-state index in [0.717, 1.165) is 11.1 Å². The smallest absolute Gasteiger partial charge is 0.257 e. The zero-order valence-corrected chi connectivity index (χ0v) is 13.6. The van der Waals surface area contributed by atoms with Crippen LogP contribution in [-0.4, -0.2) is 15.7 Å². The minimum atomic E-state index is -0.269. The molecule has 5 heteroatoms. The normalized spacial score (nSPS) is 10.6. The Balaban J connectivity index is 1.73. The van der Waals surface area contributed by atoms with Crippen LogP contribution >= 0.6 is 0 Å². The molecular weight excluding hydrogens is 305 g/mol. The molecule has 1 heterocycles. The maximum absolute atomic E-state index is 13.7. The van der Waals surface area contributed by atoms with Crippen molar-refractivity contribution in [1.29, 1.82) is 0 Å². The molecule has 0 aliphatic heterocycles. The summed E-state index contributed by atoms with van der Waals surface area (Å²) in [7, 11) is 0. The van der Waals surface area contributed by atoms with Gasteiger partial charge in [0.25, 0.3) is 5.91 Å². The quantitative estimate of drug-likeness (QED) is 0.790. The van der Waals surface area contributed by atoms with Crippen LogP contribution in [0, 0.1) is 19.7 Å². The predicted molar refractivity (Wildman–Crippen MR) is 91.6 cm³/mol. The largest absolute Gasteiger partial charge is 0.305 e. The lowest BCUT2D eigenvalue weighted by Gasteiger charge is -2.07. The number of amides is 1. The van der Waals surface area contributed by atoms with Crippen molar-refractivity contribution in [3.05, 3.63) is 82.8 Å². The first-order chi connectivity index (χ1) is 11.5. The van der Waals surface area contributed by atoms with E-state index in [1.165, 1.54) is 6.07 Å². The number of benzene rings is 2. The van der Waals surface area contributed by atoms with Crippen LogP contribution in [-0.2, 0) is 6.54 Å². The summed E-state index contributed by atoms with van der Waals surface area (Å²) in [5, 5.41) is 7.06. The summed E-state index contributed by atoms with van der Waals surface area (Å²) < 4.78 is 15.3. The molecule has 0 bridgehead atoms. The van der Waals surface area contributed by atoms with E-state index in [9.17, 15) is 9.18 Å². The van der Waals surface area contributed by atoms with E-state index in [0.29, 0.717) is 23.5 Å². The van der Waals surface area contributed by atoms with Crippen molar-refractivity contribution in [3.63, 3.8) is 0 Å². The molecule has 4 nitrogen and oxygen atoms in total. The van der Waals surface area contributed by atoms with Crippen LogP contribution in [0.15, 0.2) is 54.7 Å². The lowest BCUT2D eigenvalue weighted by Crippen LogP contribution is -2.14. The first-order valence-corrected chi connectivity index (χ1v) is 7.68. The fraction of sp³-hybridized carbons (Fsp3) is 0.158. The average molecular weight is 323 g/mol. The number of nitrogens with zero attached hydrogens (tertiary/aromatic N) is 2. The lowest BCUT2D eigenvalue weighted by molar-refractivity contribution is 0.102. The van der Waals surface area contributed by atoms with Crippen molar-refractivity contribution in [2.45, 2.75) is 20.4 Å². The molecule has 1 aromatic heterocycles. The predicted octanol–water partition coefficient (Wildman–Crippen LogP) is 3.94. The van der Waals surface area contributed by atoms with Crippen LogP contribution in [0.5, 0.6) is 0 Å². The van der Waals surface area contributed by atoms with Gasteiger partial charge in [0.15, 0.2) is 5.82 Å². The molecule has 0 radical (unpaired) electrons. The van der Waals surface area contributed by atoms with Crippen LogP contribution < -0.4 is 5.32 Å². The molecule has 1 N–H and O–H groups in total. The fourth-order valence-corrected chi connectivity index (χ4v) is 2.48. The van der Waals surface area contributed by atoms with Gasteiger partial charge in [0.05, 0.1) is 6.54 Å². The van der Waals surface area contributed by atoms with Gasteiger partial charge < -0.3 is 5.32 Å². The minimum absolute atomic E-state index is 0.202. The van der Waals surface area contributed by atoms with Crippen molar-refractivity contribution in [2.75, 3.05) is 5.32 Å². The summed E-state index contributed by atoms with van der Waals surface area (Å²) in [6.45, 7) is 4.15. The second-order valence-electron chi connectivity index (χ2n) is 5.76. The molecule has 0 saturated carbocycles. The molecule has 3 rings (SSSR count). The van der Waals surface area contributed by atoms with Gasteiger partial charge in [-0.25, -0.2) is 4.39 Å². The van der Waals surface area contributed by atoms with Crippen molar-refractivity contribution in [2.24, 2.45) is 0 Å². The summed E-state index contributed by atoms with van der Waals surface area (Å²) in [6.07, 6.45) is 1.71.